The number of nitrogens with zero attached hydrogens (tertiary/aromatic N) is 3. The molecule has 0 spiro atoms. The molecule has 9 heteroatoms. The van der Waals surface area contributed by atoms with Crippen LogP contribution in [0.3, 0.4) is 0 Å². The average molecular weight is 513 g/mol. The molecular formula is C26H29FN4O2S2. The lowest BCUT2D eigenvalue weighted by molar-refractivity contribution is -0.113. The van der Waals surface area contributed by atoms with Gasteiger partial charge in [-0.2, -0.15) is 0 Å². The highest BCUT2D eigenvalue weighted by Crippen LogP contribution is 2.29. The maximum atomic E-state index is 13.1. The van der Waals surface area contributed by atoms with E-state index in [0.717, 1.165) is 21.4 Å². The summed E-state index contributed by atoms with van der Waals surface area (Å²) in [5, 5.41) is 5.00. The number of amides is 2. The molecule has 6 nitrogen and oxygen atoms in total. The largest absolute Gasteiger partial charge is 0.368 e. The third-order valence-electron chi connectivity index (χ3n) is 5.75. The van der Waals surface area contributed by atoms with Gasteiger partial charge in [0.15, 0.2) is 4.34 Å². The summed E-state index contributed by atoms with van der Waals surface area (Å²) in [5.74, 6) is -0.182. The number of piperazine rings is 1. The van der Waals surface area contributed by atoms with E-state index in [1.54, 1.807) is 16.2 Å². The third-order valence-corrected chi connectivity index (χ3v) is 7.77. The van der Waals surface area contributed by atoms with Crippen molar-refractivity contribution in [1.29, 1.82) is 0 Å². The summed E-state index contributed by atoms with van der Waals surface area (Å²) in [6.45, 7) is 8.99. The van der Waals surface area contributed by atoms with Crippen LogP contribution in [0.25, 0.3) is 0 Å². The van der Waals surface area contributed by atoms with Gasteiger partial charge in [-0.05, 0) is 48.5 Å². The second-order valence-electron chi connectivity index (χ2n) is 9.42. The summed E-state index contributed by atoms with van der Waals surface area (Å²) in [4.78, 5) is 33.6. The zero-order valence-electron chi connectivity index (χ0n) is 20.1. The number of aromatic nitrogens is 1. The van der Waals surface area contributed by atoms with E-state index in [-0.39, 0.29) is 23.0 Å². The van der Waals surface area contributed by atoms with Gasteiger partial charge in [-0.3, -0.25) is 9.59 Å². The van der Waals surface area contributed by atoms with Crippen molar-refractivity contribution in [3.05, 3.63) is 71.0 Å². The first-order valence-electron chi connectivity index (χ1n) is 11.5. The van der Waals surface area contributed by atoms with Crippen LogP contribution in [0.5, 0.6) is 0 Å². The van der Waals surface area contributed by atoms with Gasteiger partial charge in [-0.15, -0.1) is 11.3 Å². The van der Waals surface area contributed by atoms with Gasteiger partial charge in [0, 0.05) is 53.9 Å². The van der Waals surface area contributed by atoms with E-state index in [9.17, 15) is 14.0 Å². The number of benzene rings is 2. The average Bonchev–Trinajstić information content (AvgIpc) is 3.33. The quantitative estimate of drug-likeness (QED) is 0.456. The molecule has 35 heavy (non-hydrogen) atoms. The fraction of sp³-hybridized carbons (Fsp3) is 0.346. The second kappa shape index (κ2) is 10.8. The first kappa shape index (κ1) is 25.2. The zero-order valence-corrected chi connectivity index (χ0v) is 21.7. The molecule has 1 aliphatic heterocycles. The molecule has 0 bridgehead atoms. The predicted molar refractivity (Wildman–Crippen MR) is 141 cm³/mol. The van der Waals surface area contributed by atoms with Crippen molar-refractivity contribution in [1.82, 2.24) is 9.88 Å². The van der Waals surface area contributed by atoms with E-state index in [4.69, 9.17) is 0 Å². The highest BCUT2D eigenvalue weighted by atomic mass is 32.2. The number of thiazole rings is 1. The van der Waals surface area contributed by atoms with Crippen molar-refractivity contribution in [2.24, 2.45) is 0 Å². The van der Waals surface area contributed by atoms with Gasteiger partial charge in [-0.25, -0.2) is 9.37 Å². The third kappa shape index (κ3) is 6.61. The Kier molecular flexibility index (Phi) is 7.76. The van der Waals surface area contributed by atoms with E-state index >= 15 is 0 Å². The number of nitrogens with one attached hydrogen (secondary N) is 1. The lowest BCUT2D eigenvalue weighted by atomic mass is 9.93. The topological polar surface area (TPSA) is 65.5 Å². The van der Waals surface area contributed by atoms with Crippen LogP contribution >= 0.6 is 23.1 Å². The normalized spacial score (nSPS) is 14.2. The lowest BCUT2D eigenvalue weighted by Crippen LogP contribution is -2.48. The minimum Gasteiger partial charge on any atom is -0.368 e. The van der Waals surface area contributed by atoms with Gasteiger partial charge >= 0.3 is 0 Å². The number of carbonyl (C=O) groups is 2. The number of carbonyl (C=O) groups excluding carboxylic acids is 2. The van der Waals surface area contributed by atoms with Crippen molar-refractivity contribution in [2.45, 2.75) is 30.5 Å². The smallest absolute Gasteiger partial charge is 0.253 e. The molecule has 1 saturated heterocycles. The molecule has 0 radical (unpaired) electrons. The standard InChI is InChI=1S/C26H29FN4O2S2/c1-26(2,3)22-16-34-25(29-22)35-17-23(32)28-20-8-10-21(11-9-20)30-12-14-31(15-13-30)24(33)18-4-6-19(27)7-5-18/h4-11,16H,12-15,17H2,1-3H3,(H,28,32). The predicted octanol–water partition coefficient (Wildman–Crippen LogP) is 5.27. The Balaban J connectivity index is 1.24. The Morgan fingerprint density at radius 2 is 1.69 bits per heavy atom. The molecule has 184 valence electrons. The molecule has 0 unspecified atom stereocenters. The van der Waals surface area contributed by atoms with Crippen LogP contribution in [-0.4, -0.2) is 53.6 Å². The molecule has 1 aliphatic rings. The zero-order chi connectivity index (χ0) is 25.0. The second-order valence-corrected chi connectivity index (χ2v) is 11.5. The van der Waals surface area contributed by atoms with Crippen LogP contribution in [-0.2, 0) is 10.2 Å². The fourth-order valence-electron chi connectivity index (χ4n) is 3.69. The molecule has 4 rings (SSSR count). The van der Waals surface area contributed by atoms with Crippen molar-refractivity contribution in [3.63, 3.8) is 0 Å². The Morgan fingerprint density at radius 1 is 1.03 bits per heavy atom. The van der Waals surface area contributed by atoms with Crippen LogP contribution in [0.15, 0.2) is 58.3 Å². The summed E-state index contributed by atoms with van der Waals surface area (Å²) < 4.78 is 14.0. The summed E-state index contributed by atoms with van der Waals surface area (Å²) in [6, 6.07) is 13.4. The first-order valence-corrected chi connectivity index (χ1v) is 13.3. The van der Waals surface area contributed by atoms with Gasteiger partial charge in [0.2, 0.25) is 5.91 Å². The molecule has 1 aromatic heterocycles. The fourth-order valence-corrected chi connectivity index (χ4v) is 5.54. The number of hydrogen-bond acceptors (Lipinski definition) is 6. The van der Waals surface area contributed by atoms with Crippen LogP contribution in [0.1, 0.15) is 36.8 Å². The summed E-state index contributed by atoms with van der Waals surface area (Å²) in [6.07, 6.45) is 0. The first-order chi connectivity index (χ1) is 16.7. The monoisotopic (exact) mass is 512 g/mol. The summed E-state index contributed by atoms with van der Waals surface area (Å²) in [7, 11) is 0. The molecule has 1 N–H and O–H groups in total. The molecule has 0 aliphatic carbocycles. The van der Waals surface area contributed by atoms with Gasteiger partial charge in [0.25, 0.3) is 5.91 Å². The Hall–Kier alpha value is -2.91. The van der Waals surface area contributed by atoms with Crippen molar-refractivity contribution in [2.75, 3.05) is 42.1 Å². The van der Waals surface area contributed by atoms with Crippen LogP contribution in [0, 0.1) is 5.82 Å². The van der Waals surface area contributed by atoms with Crippen molar-refractivity contribution >= 4 is 46.3 Å². The molecule has 1 fully saturated rings. The molecule has 0 saturated carbocycles. The Labute approximate surface area is 213 Å². The van der Waals surface area contributed by atoms with Gasteiger partial charge < -0.3 is 15.1 Å². The number of hydrogen-bond donors (Lipinski definition) is 1. The maximum Gasteiger partial charge on any atom is 0.253 e. The molecule has 0 atom stereocenters. The van der Waals surface area contributed by atoms with Gasteiger partial charge in [0.05, 0.1) is 11.4 Å². The number of halogens is 1. The van der Waals surface area contributed by atoms with Crippen molar-refractivity contribution < 1.29 is 14.0 Å². The maximum absolute atomic E-state index is 13.1. The van der Waals surface area contributed by atoms with E-state index in [1.807, 2.05) is 24.3 Å². The Bertz CT molecular complexity index is 1170. The molecule has 2 heterocycles. The lowest BCUT2D eigenvalue weighted by Gasteiger charge is -2.36. The van der Waals surface area contributed by atoms with Crippen molar-refractivity contribution in [3.8, 4) is 0 Å². The highest BCUT2D eigenvalue weighted by Gasteiger charge is 2.22. The van der Waals surface area contributed by atoms with E-state index in [1.165, 1.54) is 36.0 Å². The molecular weight excluding hydrogens is 483 g/mol. The number of thioether (sulfide) groups is 1. The van der Waals surface area contributed by atoms with Gasteiger partial charge in [-0.1, -0.05) is 32.5 Å². The minimum atomic E-state index is -0.348. The van der Waals surface area contributed by atoms with E-state index in [2.05, 4.69) is 41.4 Å². The molecule has 2 aromatic carbocycles. The number of rotatable bonds is 6. The van der Waals surface area contributed by atoms with E-state index in [0.29, 0.717) is 37.5 Å². The van der Waals surface area contributed by atoms with E-state index < -0.39 is 0 Å². The SMILES string of the molecule is CC(C)(C)c1csc(SCC(=O)Nc2ccc(N3CCN(C(=O)c4ccc(F)cc4)CC3)cc2)n1. The Morgan fingerprint density at radius 3 is 2.29 bits per heavy atom. The molecule has 2 amide bonds. The van der Waals surface area contributed by atoms with Crippen LogP contribution < -0.4 is 10.2 Å². The summed E-state index contributed by atoms with van der Waals surface area (Å²) in [5.41, 5.74) is 3.34. The highest BCUT2D eigenvalue weighted by molar-refractivity contribution is 8.01. The van der Waals surface area contributed by atoms with Crippen LogP contribution in [0.4, 0.5) is 15.8 Å². The minimum absolute atomic E-state index is 0.00405. The molecule has 3 aromatic rings. The summed E-state index contributed by atoms with van der Waals surface area (Å²) >= 11 is 3.02. The van der Waals surface area contributed by atoms with Gasteiger partial charge in [0.1, 0.15) is 5.82 Å². The van der Waals surface area contributed by atoms with Crippen LogP contribution in [0.2, 0.25) is 0 Å². The number of anilines is 2.